The quantitative estimate of drug-likeness (QED) is 0.631. The Balaban J connectivity index is 2.34. The Morgan fingerprint density at radius 2 is 1.57 bits per heavy atom. The fourth-order valence-corrected chi connectivity index (χ4v) is 1.47. The lowest BCUT2D eigenvalue weighted by molar-refractivity contribution is -0.595. The fourth-order valence-electron chi connectivity index (χ4n) is 1.47. The van der Waals surface area contributed by atoms with Gasteiger partial charge in [0.25, 0.3) is 0 Å². The highest BCUT2D eigenvalue weighted by atomic mass is 14.9. The highest BCUT2D eigenvalue weighted by molar-refractivity contribution is 5.21. The second-order valence-electron chi connectivity index (χ2n) is 3.30. The van der Waals surface area contributed by atoms with Gasteiger partial charge in [0.2, 0.25) is 5.69 Å². The normalized spacial score (nSPS) is 10.1. The lowest BCUT2D eigenvalue weighted by Gasteiger charge is -1.96. The van der Waals surface area contributed by atoms with Crippen LogP contribution < -0.4 is 4.57 Å². The van der Waals surface area contributed by atoms with Crippen LogP contribution in [0.2, 0.25) is 0 Å². The van der Waals surface area contributed by atoms with Gasteiger partial charge in [-0.05, 0) is 12.0 Å². The van der Waals surface area contributed by atoms with Gasteiger partial charge in [-0.1, -0.05) is 25.1 Å². The minimum Gasteiger partial charge on any atom is -0.167 e. The Hall–Kier alpha value is -1.63. The first-order chi connectivity index (χ1) is 6.90. The molecule has 0 N–H and O–H groups in total. The Morgan fingerprint density at radius 3 is 2.14 bits per heavy atom. The van der Waals surface area contributed by atoms with Crippen molar-refractivity contribution in [2.75, 3.05) is 0 Å². The maximum atomic E-state index is 2.17. The monoisotopic (exact) mass is 184 g/mol. The van der Waals surface area contributed by atoms with Crippen LogP contribution in [-0.2, 0) is 6.42 Å². The van der Waals surface area contributed by atoms with E-state index in [1.54, 1.807) is 0 Å². The summed E-state index contributed by atoms with van der Waals surface area (Å²) in [5, 5.41) is 0. The molecule has 0 radical (unpaired) electrons. The van der Waals surface area contributed by atoms with Crippen LogP contribution in [0.3, 0.4) is 0 Å². The molecule has 0 aliphatic heterocycles. The van der Waals surface area contributed by atoms with Gasteiger partial charge >= 0.3 is 0 Å². The molecule has 0 aliphatic rings. The second kappa shape index (κ2) is 4.05. The first-order valence-electron chi connectivity index (χ1n) is 4.96. The van der Waals surface area contributed by atoms with Crippen LogP contribution in [-0.4, -0.2) is 0 Å². The smallest absolute Gasteiger partial charge is 0.167 e. The number of aromatic nitrogens is 1. The van der Waals surface area contributed by atoms with Gasteiger partial charge in [0.05, 0.1) is 0 Å². The zero-order valence-electron chi connectivity index (χ0n) is 8.35. The lowest BCUT2D eigenvalue weighted by Crippen LogP contribution is -2.29. The van der Waals surface area contributed by atoms with Crippen molar-refractivity contribution < 1.29 is 4.57 Å². The Labute approximate surface area is 84.6 Å². The van der Waals surface area contributed by atoms with Crippen LogP contribution in [0.15, 0.2) is 54.9 Å². The predicted molar refractivity (Wildman–Crippen MR) is 57.4 cm³/mol. The summed E-state index contributed by atoms with van der Waals surface area (Å²) in [5.41, 5.74) is 2.58. The molecule has 0 spiro atoms. The van der Waals surface area contributed by atoms with Gasteiger partial charge in [-0.15, -0.1) is 0 Å². The molecule has 0 saturated heterocycles. The molecule has 0 amide bonds. The molecule has 1 aromatic carbocycles. The number of rotatable bonds is 2. The van der Waals surface area contributed by atoms with Crippen molar-refractivity contribution in [2.24, 2.45) is 0 Å². The molecule has 0 fully saturated rings. The van der Waals surface area contributed by atoms with E-state index in [9.17, 15) is 0 Å². The standard InChI is InChI=1S/C13H14N/c1-2-12-8-10-14(11-9-12)13-6-4-3-5-7-13/h3-11H,2H2,1H3/q+1. The molecular formula is C13H14N+. The summed E-state index contributed by atoms with van der Waals surface area (Å²) in [6.45, 7) is 2.17. The van der Waals surface area contributed by atoms with Crippen molar-refractivity contribution in [1.82, 2.24) is 0 Å². The minimum atomic E-state index is 1.09. The molecule has 0 bridgehead atoms. The van der Waals surface area contributed by atoms with E-state index < -0.39 is 0 Å². The number of benzene rings is 1. The largest absolute Gasteiger partial charge is 0.210 e. The molecule has 0 saturated carbocycles. The highest BCUT2D eigenvalue weighted by Crippen LogP contribution is 2.00. The Bertz CT molecular complexity index is 389. The summed E-state index contributed by atoms with van der Waals surface area (Å²) in [6.07, 6.45) is 5.30. The average Bonchev–Trinajstić information content (AvgIpc) is 2.30. The zero-order chi connectivity index (χ0) is 9.80. The van der Waals surface area contributed by atoms with Gasteiger partial charge in [0, 0.05) is 24.3 Å². The maximum Gasteiger partial charge on any atom is 0.210 e. The van der Waals surface area contributed by atoms with Gasteiger partial charge in [-0.2, -0.15) is 4.57 Å². The van der Waals surface area contributed by atoms with Crippen LogP contribution in [0.25, 0.3) is 5.69 Å². The van der Waals surface area contributed by atoms with Crippen LogP contribution in [0.1, 0.15) is 12.5 Å². The SMILES string of the molecule is CCc1cc[n+](-c2ccccc2)cc1. The molecule has 1 aromatic heterocycles. The van der Waals surface area contributed by atoms with E-state index in [0.29, 0.717) is 0 Å². The third-order valence-electron chi connectivity index (χ3n) is 2.36. The average molecular weight is 184 g/mol. The fraction of sp³-hybridized carbons (Fsp3) is 0.154. The number of aryl methyl sites for hydroxylation is 1. The van der Waals surface area contributed by atoms with E-state index in [1.165, 1.54) is 11.3 Å². The number of hydrogen-bond donors (Lipinski definition) is 0. The predicted octanol–water partition coefficient (Wildman–Crippen LogP) is 2.53. The summed E-state index contributed by atoms with van der Waals surface area (Å²) in [5.74, 6) is 0. The van der Waals surface area contributed by atoms with Crippen molar-refractivity contribution in [3.8, 4) is 5.69 Å². The van der Waals surface area contributed by atoms with Gasteiger partial charge in [0.15, 0.2) is 12.4 Å². The number of hydrogen-bond acceptors (Lipinski definition) is 0. The van der Waals surface area contributed by atoms with Crippen LogP contribution in [0.5, 0.6) is 0 Å². The van der Waals surface area contributed by atoms with Gasteiger partial charge in [-0.3, -0.25) is 0 Å². The molecule has 1 heteroatoms. The molecule has 0 aliphatic carbocycles. The first-order valence-corrected chi connectivity index (χ1v) is 4.96. The van der Waals surface area contributed by atoms with E-state index in [1.807, 2.05) is 6.07 Å². The topological polar surface area (TPSA) is 3.88 Å². The van der Waals surface area contributed by atoms with Crippen molar-refractivity contribution in [1.29, 1.82) is 0 Å². The highest BCUT2D eigenvalue weighted by Gasteiger charge is 2.02. The zero-order valence-corrected chi connectivity index (χ0v) is 8.35. The van der Waals surface area contributed by atoms with E-state index in [0.717, 1.165) is 6.42 Å². The number of pyridine rings is 1. The molecule has 2 rings (SSSR count). The van der Waals surface area contributed by atoms with Gasteiger partial charge in [-0.25, -0.2) is 0 Å². The summed E-state index contributed by atoms with van der Waals surface area (Å²) in [7, 11) is 0. The van der Waals surface area contributed by atoms with Crippen molar-refractivity contribution in [2.45, 2.75) is 13.3 Å². The van der Waals surface area contributed by atoms with E-state index in [2.05, 4.69) is 60.3 Å². The number of nitrogens with zero attached hydrogens (tertiary/aromatic N) is 1. The van der Waals surface area contributed by atoms with Crippen LogP contribution in [0, 0.1) is 0 Å². The van der Waals surface area contributed by atoms with Crippen molar-refractivity contribution >= 4 is 0 Å². The van der Waals surface area contributed by atoms with E-state index in [4.69, 9.17) is 0 Å². The van der Waals surface area contributed by atoms with Gasteiger partial charge in [0.1, 0.15) is 0 Å². The van der Waals surface area contributed by atoms with Crippen molar-refractivity contribution in [3.05, 3.63) is 60.4 Å². The molecule has 0 unspecified atom stereocenters. The van der Waals surface area contributed by atoms with Crippen LogP contribution >= 0.6 is 0 Å². The summed E-state index contributed by atoms with van der Waals surface area (Å²) >= 11 is 0. The maximum absolute atomic E-state index is 2.17. The third kappa shape index (κ3) is 1.82. The van der Waals surface area contributed by atoms with E-state index >= 15 is 0 Å². The van der Waals surface area contributed by atoms with Crippen LogP contribution in [0.4, 0.5) is 0 Å². The summed E-state index contributed by atoms with van der Waals surface area (Å²) in [6, 6.07) is 14.7. The molecule has 2 aromatic rings. The van der Waals surface area contributed by atoms with Gasteiger partial charge < -0.3 is 0 Å². The molecule has 14 heavy (non-hydrogen) atoms. The van der Waals surface area contributed by atoms with Crippen molar-refractivity contribution in [3.63, 3.8) is 0 Å². The lowest BCUT2D eigenvalue weighted by atomic mass is 10.2. The Morgan fingerprint density at radius 1 is 0.929 bits per heavy atom. The summed E-state index contributed by atoms with van der Waals surface area (Å²) < 4.78 is 2.12. The molecule has 0 atom stereocenters. The third-order valence-corrected chi connectivity index (χ3v) is 2.36. The Kier molecular flexibility index (Phi) is 2.59. The molecule has 1 heterocycles. The number of para-hydroxylation sites is 1. The molecule has 70 valence electrons. The first kappa shape index (κ1) is 8.95. The minimum absolute atomic E-state index is 1.09. The molecule has 1 nitrogen and oxygen atoms in total. The van der Waals surface area contributed by atoms with E-state index in [-0.39, 0.29) is 0 Å². The molecular weight excluding hydrogens is 170 g/mol. The second-order valence-corrected chi connectivity index (χ2v) is 3.30. The summed E-state index contributed by atoms with van der Waals surface area (Å²) in [4.78, 5) is 0.